The number of likely N-dealkylation sites (tertiary alicyclic amines) is 1. The van der Waals surface area contributed by atoms with Crippen LogP contribution < -0.4 is 10.6 Å². The molecule has 1 heterocycles. The van der Waals surface area contributed by atoms with Gasteiger partial charge in [0.15, 0.2) is 0 Å². The molecular weight excluding hydrogens is 691 g/mol. The molecule has 5 unspecified atom stereocenters. The molecule has 1 aromatic carbocycles. The van der Waals surface area contributed by atoms with E-state index in [9.17, 15) is 19.2 Å². The molecule has 1 aliphatic heterocycles. The van der Waals surface area contributed by atoms with Crippen LogP contribution in [0.2, 0.25) is 0 Å². The van der Waals surface area contributed by atoms with Gasteiger partial charge in [-0.2, -0.15) is 0 Å². The van der Waals surface area contributed by atoms with Crippen LogP contribution in [0.25, 0.3) is 0 Å². The highest BCUT2D eigenvalue weighted by molar-refractivity contribution is 5.81. The van der Waals surface area contributed by atoms with Gasteiger partial charge in [0.2, 0.25) is 17.7 Å². The molecule has 1 aromatic rings. The molecule has 0 spiro atoms. The van der Waals surface area contributed by atoms with Crippen LogP contribution in [0.5, 0.6) is 0 Å². The number of hydrogen-bond donors (Lipinski definition) is 3. The number of methoxy groups -OCH3 is 1. The van der Waals surface area contributed by atoms with Gasteiger partial charge in [0.25, 0.3) is 0 Å². The van der Waals surface area contributed by atoms with E-state index in [0.29, 0.717) is 36.5 Å². The number of Topliss-reactive ketones (excluding diaryl/α,β-unsaturated/α-hetero) is 1. The Hall–Kier alpha value is -2.78. The van der Waals surface area contributed by atoms with E-state index in [4.69, 9.17) is 9.84 Å². The highest BCUT2D eigenvalue weighted by atomic mass is 16.5. The van der Waals surface area contributed by atoms with Crippen molar-refractivity contribution in [2.24, 2.45) is 35.5 Å². The summed E-state index contributed by atoms with van der Waals surface area (Å²) in [6.07, 6.45) is 7.72. The average molecular weight is 780 g/mol. The molecule has 1 saturated heterocycles. The normalized spacial score (nSPS) is 15.6. The Kier molecular flexibility index (Phi) is 40.8. The first-order valence-electron chi connectivity index (χ1n) is 21.5. The second-order valence-electron chi connectivity index (χ2n) is 14.8. The van der Waals surface area contributed by atoms with Crippen molar-refractivity contribution in [1.82, 2.24) is 15.5 Å². The van der Waals surface area contributed by atoms with E-state index >= 15 is 0 Å². The smallest absolute Gasteiger partial charge is 0.225 e. The molecule has 55 heavy (non-hydrogen) atoms. The number of hydrogen-bond acceptors (Lipinski definition) is 6. The Morgan fingerprint density at radius 1 is 0.855 bits per heavy atom. The minimum Gasteiger partial charge on any atom is -0.400 e. The molecule has 6 atom stereocenters. The summed E-state index contributed by atoms with van der Waals surface area (Å²) >= 11 is 0. The summed E-state index contributed by atoms with van der Waals surface area (Å²) in [5, 5.41) is 12.7. The molecule has 0 aliphatic carbocycles. The van der Waals surface area contributed by atoms with Gasteiger partial charge in [-0.15, -0.1) is 0 Å². The lowest BCUT2D eigenvalue weighted by Crippen LogP contribution is -2.40. The maximum atomic E-state index is 12.9. The molecule has 3 N–H and O–H groups in total. The van der Waals surface area contributed by atoms with Gasteiger partial charge in [-0.3, -0.25) is 19.2 Å². The minimum absolute atomic E-state index is 0.0209. The molecule has 0 radical (unpaired) electrons. The van der Waals surface area contributed by atoms with Crippen molar-refractivity contribution >= 4 is 23.5 Å². The molecule has 0 aromatic heterocycles. The standard InChI is InChI=1S/C25H40N2O3.C9H18O.C7H15NO.2C2H6.CH4O/c1-5-19(2)16-23(30-4)18-24(28)27-15-9-12-22(27)17-20(3)25(29)26-14-13-21-10-7-6-8-11-21;1-5-6-9(10)8(4)7(2)3;1-5(2)6(3)7(9)8-4;3*1-2/h6-8,10-11,19-20,22-23H,5,9,12-18H2,1-4H3,(H,26,29);7-8H,5-6H2,1-4H3;5-6H,1-4H3,(H,8,9);2*1-2H3;2H,1H3/t19?,20-,22?,23?;;;;;/m1...../s1. The van der Waals surface area contributed by atoms with Gasteiger partial charge in [-0.25, -0.2) is 0 Å². The Bertz CT molecular complexity index is 1070. The average Bonchev–Trinajstić information content (AvgIpc) is 3.67. The molecule has 9 heteroatoms. The summed E-state index contributed by atoms with van der Waals surface area (Å²) in [5.41, 5.74) is 1.23. The molecule has 3 amide bonds. The fraction of sp³-hybridized carbons (Fsp3) is 0.783. The molecule has 1 fully saturated rings. The molecule has 2 rings (SSSR count). The van der Waals surface area contributed by atoms with E-state index < -0.39 is 0 Å². The maximum absolute atomic E-state index is 12.9. The van der Waals surface area contributed by atoms with Crippen LogP contribution in [0.3, 0.4) is 0 Å². The summed E-state index contributed by atoms with van der Waals surface area (Å²) in [6.45, 7) is 30.1. The number of aliphatic hydroxyl groups is 1. The monoisotopic (exact) mass is 780 g/mol. The quantitative estimate of drug-likeness (QED) is 0.136. The van der Waals surface area contributed by atoms with E-state index in [-0.39, 0.29) is 47.6 Å². The molecular formula is C46H89N3O6. The molecule has 1 aliphatic rings. The van der Waals surface area contributed by atoms with Crippen molar-refractivity contribution < 1.29 is 29.0 Å². The summed E-state index contributed by atoms with van der Waals surface area (Å²) in [5.74, 6) is 2.57. The third-order valence-electron chi connectivity index (χ3n) is 10.1. The van der Waals surface area contributed by atoms with Crippen LogP contribution in [-0.4, -0.2) is 80.0 Å². The van der Waals surface area contributed by atoms with Gasteiger partial charge in [0, 0.05) is 64.6 Å². The predicted molar refractivity (Wildman–Crippen MR) is 234 cm³/mol. The molecule has 324 valence electrons. The lowest BCUT2D eigenvalue weighted by molar-refractivity contribution is -0.136. The van der Waals surface area contributed by atoms with Crippen molar-refractivity contribution in [3.05, 3.63) is 35.9 Å². The van der Waals surface area contributed by atoms with Gasteiger partial charge in [-0.1, -0.05) is 134 Å². The topological polar surface area (TPSA) is 125 Å². The first-order valence-corrected chi connectivity index (χ1v) is 21.5. The van der Waals surface area contributed by atoms with E-state index in [0.717, 1.165) is 65.0 Å². The van der Waals surface area contributed by atoms with E-state index in [1.165, 1.54) is 5.56 Å². The van der Waals surface area contributed by atoms with Crippen LogP contribution >= 0.6 is 0 Å². The van der Waals surface area contributed by atoms with Crippen molar-refractivity contribution in [2.45, 2.75) is 167 Å². The van der Waals surface area contributed by atoms with Crippen LogP contribution in [0.1, 0.15) is 154 Å². The lowest BCUT2D eigenvalue weighted by Gasteiger charge is -2.28. The Labute approximate surface area is 339 Å². The molecule has 0 saturated carbocycles. The number of carbonyl (C=O) groups is 4. The number of aliphatic hydroxyl groups excluding tert-OH is 1. The number of amides is 3. The highest BCUT2D eigenvalue weighted by Crippen LogP contribution is 2.26. The Morgan fingerprint density at radius 2 is 1.40 bits per heavy atom. The van der Waals surface area contributed by atoms with Gasteiger partial charge in [0.1, 0.15) is 5.78 Å². The number of carbonyl (C=O) groups excluding carboxylic acids is 4. The highest BCUT2D eigenvalue weighted by Gasteiger charge is 2.32. The third kappa shape index (κ3) is 28.3. The lowest BCUT2D eigenvalue weighted by atomic mass is 9.91. The Balaban J connectivity index is -0.000000426. The number of ketones is 1. The van der Waals surface area contributed by atoms with Gasteiger partial charge in [0.05, 0.1) is 12.5 Å². The van der Waals surface area contributed by atoms with Crippen LogP contribution in [0, 0.1) is 35.5 Å². The first-order chi connectivity index (χ1) is 26.1. The van der Waals surface area contributed by atoms with Crippen LogP contribution in [0.4, 0.5) is 0 Å². The summed E-state index contributed by atoms with van der Waals surface area (Å²) in [4.78, 5) is 49.5. The van der Waals surface area contributed by atoms with Crippen molar-refractivity contribution in [2.75, 3.05) is 34.4 Å². The fourth-order valence-electron chi connectivity index (χ4n) is 5.64. The summed E-state index contributed by atoms with van der Waals surface area (Å²) in [7, 11) is 4.37. The predicted octanol–water partition coefficient (Wildman–Crippen LogP) is 9.54. The number of ether oxygens (including phenoxy) is 1. The zero-order valence-corrected chi connectivity index (χ0v) is 38.7. The van der Waals surface area contributed by atoms with E-state index in [1.54, 1.807) is 14.2 Å². The summed E-state index contributed by atoms with van der Waals surface area (Å²) < 4.78 is 5.58. The first kappa shape index (κ1) is 58.9. The maximum Gasteiger partial charge on any atom is 0.225 e. The third-order valence-corrected chi connectivity index (χ3v) is 10.1. The molecule has 0 bridgehead atoms. The largest absolute Gasteiger partial charge is 0.400 e. The van der Waals surface area contributed by atoms with Crippen molar-refractivity contribution in [3.63, 3.8) is 0 Å². The second kappa shape index (κ2) is 38.1. The SMILES string of the molecule is CC.CC.CCC(C)CC(CC(=O)N1CCCC1C[C@@H](C)C(=O)NCCc1ccccc1)OC.CCCC(=O)C(C)C(C)C.CNC(=O)C(C)C(C)C.CO. The second-order valence-corrected chi connectivity index (χ2v) is 14.8. The van der Waals surface area contributed by atoms with Gasteiger partial charge >= 0.3 is 0 Å². The van der Waals surface area contributed by atoms with Crippen molar-refractivity contribution in [3.8, 4) is 0 Å². The van der Waals surface area contributed by atoms with Gasteiger partial charge < -0.3 is 25.4 Å². The van der Waals surface area contributed by atoms with Crippen LogP contribution in [-0.2, 0) is 30.3 Å². The van der Waals surface area contributed by atoms with Crippen LogP contribution in [0.15, 0.2) is 30.3 Å². The number of nitrogens with one attached hydrogen (secondary N) is 2. The fourth-order valence-corrected chi connectivity index (χ4v) is 5.64. The number of rotatable bonds is 18. The number of benzene rings is 1. The van der Waals surface area contributed by atoms with Crippen molar-refractivity contribution in [1.29, 1.82) is 0 Å². The van der Waals surface area contributed by atoms with Gasteiger partial charge in [-0.05, 0) is 61.8 Å². The Morgan fingerprint density at radius 3 is 1.84 bits per heavy atom. The number of nitrogens with zero attached hydrogens (tertiary/aromatic N) is 1. The minimum atomic E-state index is -0.0995. The zero-order valence-electron chi connectivity index (χ0n) is 38.7. The summed E-state index contributed by atoms with van der Waals surface area (Å²) in [6, 6.07) is 10.3. The van der Waals surface area contributed by atoms with E-state index in [1.807, 2.05) is 92.3 Å². The zero-order chi connectivity index (χ0) is 43.5. The van der Waals surface area contributed by atoms with E-state index in [2.05, 4.69) is 50.5 Å². The molecule has 9 nitrogen and oxygen atoms in total.